The van der Waals surface area contributed by atoms with Gasteiger partial charge in [0.15, 0.2) is 0 Å². The van der Waals surface area contributed by atoms with E-state index < -0.39 is 5.97 Å². The van der Waals surface area contributed by atoms with E-state index in [0.717, 1.165) is 12.2 Å². The maximum absolute atomic E-state index is 10.3. The lowest BCUT2D eigenvalue weighted by Crippen LogP contribution is -2.07. The van der Waals surface area contributed by atoms with Gasteiger partial charge in [-0.2, -0.15) is 0 Å². The summed E-state index contributed by atoms with van der Waals surface area (Å²) in [6.45, 7) is 4.92. The smallest absolute Gasteiger partial charge is 0.303 e. The molecule has 0 aliphatic rings. The largest absolute Gasteiger partial charge is 0.481 e. The van der Waals surface area contributed by atoms with E-state index in [2.05, 4.69) is 24.0 Å². The first kappa shape index (κ1) is 11.7. The molecule has 15 heavy (non-hydrogen) atoms. The predicted molar refractivity (Wildman–Crippen MR) is 55.4 cm³/mol. The summed E-state index contributed by atoms with van der Waals surface area (Å²) in [6.07, 6.45) is 3.37. The molecule has 1 aromatic rings. The van der Waals surface area contributed by atoms with Crippen LogP contribution < -0.4 is 0 Å². The number of rotatable bonds is 6. The van der Waals surface area contributed by atoms with E-state index in [0.29, 0.717) is 18.9 Å². The summed E-state index contributed by atoms with van der Waals surface area (Å²) in [4.78, 5) is 10.3. The number of hydrogen-bond donors (Lipinski definition) is 1. The van der Waals surface area contributed by atoms with Crippen molar-refractivity contribution in [2.24, 2.45) is 5.92 Å². The van der Waals surface area contributed by atoms with E-state index in [1.165, 1.54) is 0 Å². The van der Waals surface area contributed by atoms with Crippen LogP contribution in [-0.4, -0.2) is 25.8 Å². The van der Waals surface area contributed by atoms with Crippen LogP contribution in [0.1, 0.15) is 32.5 Å². The van der Waals surface area contributed by atoms with Gasteiger partial charge in [-0.3, -0.25) is 4.79 Å². The minimum Gasteiger partial charge on any atom is -0.481 e. The highest BCUT2D eigenvalue weighted by Crippen LogP contribution is 2.06. The number of hydrogen-bond acceptors (Lipinski definition) is 3. The fourth-order valence-corrected chi connectivity index (χ4v) is 1.39. The van der Waals surface area contributed by atoms with Crippen molar-refractivity contribution in [2.75, 3.05) is 0 Å². The minimum absolute atomic E-state index is 0.194. The fraction of sp³-hybridized carbons (Fsp3) is 0.700. The summed E-state index contributed by atoms with van der Waals surface area (Å²) < 4.78 is 1.93. The van der Waals surface area contributed by atoms with Crippen LogP contribution in [0.3, 0.4) is 0 Å². The summed E-state index contributed by atoms with van der Waals surface area (Å²) in [7, 11) is 0. The van der Waals surface area contributed by atoms with E-state index in [1.807, 2.05) is 4.57 Å². The summed E-state index contributed by atoms with van der Waals surface area (Å²) in [6, 6.07) is 0. The molecule has 0 bridgehead atoms. The molecule has 84 valence electrons. The summed E-state index contributed by atoms with van der Waals surface area (Å²) in [5, 5.41) is 16.4. The van der Waals surface area contributed by atoms with E-state index in [1.54, 1.807) is 6.33 Å². The highest BCUT2D eigenvalue weighted by atomic mass is 16.4. The zero-order valence-electron chi connectivity index (χ0n) is 9.18. The Bertz CT molecular complexity index is 320. The molecule has 1 N–H and O–H groups in total. The zero-order chi connectivity index (χ0) is 11.3. The number of aromatic nitrogens is 3. The second-order valence-corrected chi connectivity index (χ2v) is 4.04. The number of aliphatic carboxylic acids is 1. The van der Waals surface area contributed by atoms with Gasteiger partial charge in [0.1, 0.15) is 12.2 Å². The van der Waals surface area contributed by atoms with Gasteiger partial charge in [-0.15, -0.1) is 10.2 Å². The molecule has 0 aliphatic heterocycles. The topological polar surface area (TPSA) is 68.0 Å². The number of nitrogens with zero attached hydrogens (tertiary/aromatic N) is 3. The lowest BCUT2D eigenvalue weighted by molar-refractivity contribution is -0.137. The van der Waals surface area contributed by atoms with Crippen LogP contribution in [0.5, 0.6) is 0 Å². The molecule has 0 radical (unpaired) electrons. The summed E-state index contributed by atoms with van der Waals surface area (Å²) in [5.41, 5.74) is 0. The van der Waals surface area contributed by atoms with Gasteiger partial charge in [-0.05, 0) is 12.3 Å². The third-order valence-electron chi connectivity index (χ3n) is 2.08. The van der Waals surface area contributed by atoms with Crippen LogP contribution in [0, 0.1) is 5.92 Å². The molecule has 1 rings (SSSR count). The molecule has 5 nitrogen and oxygen atoms in total. The Kier molecular flexibility index (Phi) is 4.27. The van der Waals surface area contributed by atoms with E-state index in [4.69, 9.17) is 5.11 Å². The van der Waals surface area contributed by atoms with Gasteiger partial charge in [0.25, 0.3) is 0 Å². The van der Waals surface area contributed by atoms with Crippen molar-refractivity contribution in [1.29, 1.82) is 0 Å². The molecule has 0 unspecified atom stereocenters. The van der Waals surface area contributed by atoms with E-state index >= 15 is 0 Å². The van der Waals surface area contributed by atoms with Gasteiger partial charge in [-0.1, -0.05) is 13.8 Å². The van der Waals surface area contributed by atoms with Gasteiger partial charge in [0.2, 0.25) is 0 Å². The van der Waals surface area contributed by atoms with Crippen molar-refractivity contribution in [3.63, 3.8) is 0 Å². The highest BCUT2D eigenvalue weighted by molar-refractivity contribution is 5.66. The van der Waals surface area contributed by atoms with Gasteiger partial charge in [-0.25, -0.2) is 0 Å². The van der Waals surface area contributed by atoms with Crippen molar-refractivity contribution in [3.05, 3.63) is 12.2 Å². The Morgan fingerprint density at radius 1 is 1.60 bits per heavy atom. The lowest BCUT2D eigenvalue weighted by atomic mass is 10.1. The Morgan fingerprint density at radius 3 is 2.93 bits per heavy atom. The molecule has 0 aromatic carbocycles. The molecule has 0 atom stereocenters. The number of carboxylic acids is 1. The van der Waals surface area contributed by atoms with Crippen LogP contribution >= 0.6 is 0 Å². The predicted octanol–water partition coefficient (Wildman–Crippen LogP) is 1.34. The molecule has 1 aromatic heterocycles. The van der Waals surface area contributed by atoms with Crippen LogP contribution in [0.15, 0.2) is 6.33 Å². The average Bonchev–Trinajstić information content (AvgIpc) is 2.51. The molecule has 1 heterocycles. The maximum Gasteiger partial charge on any atom is 0.303 e. The van der Waals surface area contributed by atoms with Crippen LogP contribution in [0.25, 0.3) is 0 Å². The Morgan fingerprint density at radius 2 is 2.33 bits per heavy atom. The Hall–Kier alpha value is -1.39. The van der Waals surface area contributed by atoms with Crippen LogP contribution in [-0.2, 0) is 17.8 Å². The normalized spacial score (nSPS) is 10.9. The quantitative estimate of drug-likeness (QED) is 0.771. The van der Waals surface area contributed by atoms with Crippen molar-refractivity contribution in [1.82, 2.24) is 14.8 Å². The van der Waals surface area contributed by atoms with Gasteiger partial charge < -0.3 is 9.67 Å². The van der Waals surface area contributed by atoms with Crippen molar-refractivity contribution < 1.29 is 9.90 Å². The molecule has 0 aliphatic carbocycles. The number of carbonyl (C=O) groups is 1. The first-order valence-electron chi connectivity index (χ1n) is 5.18. The standard InChI is InChI=1S/C10H17N3O2/c1-8(2)6-9-12-11-7-13(9)5-3-4-10(14)15/h7-8H,3-6H2,1-2H3,(H,14,15). The van der Waals surface area contributed by atoms with Crippen molar-refractivity contribution in [3.8, 4) is 0 Å². The molecular formula is C10H17N3O2. The van der Waals surface area contributed by atoms with E-state index in [9.17, 15) is 4.79 Å². The molecule has 0 spiro atoms. The summed E-state index contributed by atoms with van der Waals surface area (Å²) >= 11 is 0. The van der Waals surface area contributed by atoms with Gasteiger partial charge >= 0.3 is 5.97 Å². The monoisotopic (exact) mass is 211 g/mol. The SMILES string of the molecule is CC(C)Cc1nncn1CCCC(=O)O. The Labute approximate surface area is 89.1 Å². The number of aryl methyl sites for hydroxylation is 1. The molecule has 0 fully saturated rings. The maximum atomic E-state index is 10.3. The van der Waals surface area contributed by atoms with E-state index in [-0.39, 0.29) is 6.42 Å². The average molecular weight is 211 g/mol. The second-order valence-electron chi connectivity index (χ2n) is 4.04. The fourth-order valence-electron chi connectivity index (χ4n) is 1.39. The Balaban J connectivity index is 2.46. The summed E-state index contributed by atoms with van der Waals surface area (Å²) in [5.74, 6) is 0.719. The third-order valence-corrected chi connectivity index (χ3v) is 2.08. The molecule has 0 saturated heterocycles. The van der Waals surface area contributed by atoms with Gasteiger partial charge in [0.05, 0.1) is 0 Å². The first-order chi connectivity index (χ1) is 7.09. The van der Waals surface area contributed by atoms with Crippen LogP contribution in [0.4, 0.5) is 0 Å². The molecule has 0 amide bonds. The zero-order valence-corrected chi connectivity index (χ0v) is 9.18. The minimum atomic E-state index is -0.756. The molecule has 5 heteroatoms. The second kappa shape index (κ2) is 5.48. The first-order valence-corrected chi connectivity index (χ1v) is 5.18. The van der Waals surface area contributed by atoms with Crippen molar-refractivity contribution in [2.45, 2.75) is 39.7 Å². The van der Waals surface area contributed by atoms with Crippen LogP contribution in [0.2, 0.25) is 0 Å². The third kappa shape index (κ3) is 4.10. The lowest BCUT2D eigenvalue weighted by Gasteiger charge is -2.07. The molecule has 0 saturated carbocycles. The van der Waals surface area contributed by atoms with Gasteiger partial charge in [0, 0.05) is 19.4 Å². The van der Waals surface area contributed by atoms with Crippen molar-refractivity contribution >= 4 is 5.97 Å². The molecular weight excluding hydrogens is 194 g/mol. The number of carboxylic acid groups (broad SMARTS) is 1. The highest BCUT2D eigenvalue weighted by Gasteiger charge is 2.06.